The molecule has 5 heteroatoms. The zero-order valence-corrected chi connectivity index (χ0v) is 21.0. The molecule has 0 radical (unpaired) electrons. The first kappa shape index (κ1) is 29.2. The monoisotopic (exact) mass is 462 g/mol. The van der Waals surface area contributed by atoms with Gasteiger partial charge in [-0.05, 0) is 56.9 Å². The number of unbranched alkanes of at least 4 members (excludes halogenated alkanes) is 6. The maximum Gasteiger partial charge on any atom is 0.303 e. The number of carbonyl (C=O) groups excluding carboxylic acids is 2. The number of hydrogen-bond donors (Lipinski definition) is 1. The first-order chi connectivity index (χ1) is 16.0. The van der Waals surface area contributed by atoms with Gasteiger partial charge in [0.25, 0.3) is 0 Å². The van der Waals surface area contributed by atoms with E-state index in [4.69, 9.17) is 14.6 Å². The summed E-state index contributed by atoms with van der Waals surface area (Å²) >= 11 is 0. The van der Waals surface area contributed by atoms with Crippen molar-refractivity contribution in [2.45, 2.75) is 110 Å². The van der Waals surface area contributed by atoms with Crippen LogP contribution in [0.25, 0.3) is 0 Å². The molecule has 0 amide bonds. The smallest absolute Gasteiger partial charge is 0.303 e. The molecule has 0 fully saturated rings. The normalized spacial score (nSPS) is 20.2. The van der Waals surface area contributed by atoms with Gasteiger partial charge in [0.2, 0.25) is 0 Å². The van der Waals surface area contributed by atoms with Crippen LogP contribution in [0.5, 0.6) is 0 Å². The lowest BCUT2D eigenvalue weighted by Crippen LogP contribution is -2.32. The molecule has 0 heterocycles. The van der Waals surface area contributed by atoms with Crippen LogP contribution in [0.15, 0.2) is 36.5 Å². The molecule has 0 aromatic rings. The molecule has 0 saturated carbocycles. The Morgan fingerprint density at radius 3 is 2.27 bits per heavy atom. The highest BCUT2D eigenvalue weighted by molar-refractivity contribution is 5.66. The molecule has 1 N–H and O–H groups in total. The van der Waals surface area contributed by atoms with Crippen molar-refractivity contribution in [3.05, 3.63) is 36.5 Å². The Bertz CT molecular complexity index is 622. The minimum Gasteiger partial charge on any atom is -0.462 e. The topological polar surface area (TPSA) is 72.8 Å². The van der Waals surface area contributed by atoms with Crippen molar-refractivity contribution in [1.29, 1.82) is 0 Å². The van der Waals surface area contributed by atoms with E-state index in [0.29, 0.717) is 0 Å². The lowest BCUT2D eigenvalue weighted by Gasteiger charge is -2.33. The summed E-state index contributed by atoms with van der Waals surface area (Å²) in [6.45, 7) is 5.30. The van der Waals surface area contributed by atoms with Crippen molar-refractivity contribution in [1.82, 2.24) is 0 Å². The minimum absolute atomic E-state index is 0.140. The molecular formula is C28H46O5. The Labute approximate surface area is 201 Å². The predicted octanol–water partition coefficient (Wildman–Crippen LogP) is 6.46. The quantitative estimate of drug-likeness (QED) is 0.116. The Kier molecular flexibility index (Phi) is 16.4. The fourth-order valence-corrected chi connectivity index (χ4v) is 4.46. The number of aliphatic hydroxyl groups excluding tert-OH is 1. The lowest BCUT2D eigenvalue weighted by molar-refractivity contribution is -0.150. The van der Waals surface area contributed by atoms with Gasteiger partial charge in [-0.15, -0.1) is 0 Å². The van der Waals surface area contributed by atoms with Gasteiger partial charge in [-0.1, -0.05) is 69.4 Å². The largest absolute Gasteiger partial charge is 0.462 e. The summed E-state index contributed by atoms with van der Waals surface area (Å²) < 4.78 is 11.1. The maximum absolute atomic E-state index is 11.7. The van der Waals surface area contributed by atoms with Crippen LogP contribution in [0.4, 0.5) is 0 Å². The molecule has 0 spiro atoms. The summed E-state index contributed by atoms with van der Waals surface area (Å²) in [5, 5.41) is 9.10. The fraction of sp³-hybridized carbons (Fsp3) is 0.714. The molecule has 0 aromatic carbocycles. The molecule has 188 valence electrons. The van der Waals surface area contributed by atoms with E-state index in [1.165, 1.54) is 46.0 Å². The van der Waals surface area contributed by atoms with Crippen LogP contribution in [0.3, 0.4) is 0 Å². The number of esters is 2. The second kappa shape index (κ2) is 18.5. The van der Waals surface area contributed by atoms with Gasteiger partial charge < -0.3 is 14.6 Å². The first-order valence-electron chi connectivity index (χ1n) is 12.9. The van der Waals surface area contributed by atoms with E-state index in [1.807, 2.05) is 18.2 Å². The molecular weight excluding hydrogens is 416 g/mol. The van der Waals surface area contributed by atoms with Crippen molar-refractivity contribution in [2.24, 2.45) is 11.8 Å². The van der Waals surface area contributed by atoms with Crippen LogP contribution < -0.4 is 0 Å². The van der Waals surface area contributed by atoms with Gasteiger partial charge in [-0.25, -0.2) is 0 Å². The van der Waals surface area contributed by atoms with E-state index in [1.54, 1.807) is 0 Å². The first-order valence-corrected chi connectivity index (χ1v) is 12.9. The number of carbonyl (C=O) groups is 2. The zero-order valence-electron chi connectivity index (χ0n) is 21.0. The highest BCUT2D eigenvalue weighted by Crippen LogP contribution is 2.33. The molecule has 1 rings (SSSR count). The third-order valence-corrected chi connectivity index (χ3v) is 6.18. The summed E-state index contributed by atoms with van der Waals surface area (Å²) in [4.78, 5) is 23.1. The Morgan fingerprint density at radius 1 is 0.909 bits per heavy atom. The van der Waals surface area contributed by atoms with Crippen LogP contribution in [0.1, 0.15) is 97.8 Å². The molecule has 4 atom stereocenters. The van der Waals surface area contributed by atoms with E-state index in [0.717, 1.165) is 44.9 Å². The van der Waals surface area contributed by atoms with E-state index in [9.17, 15) is 9.59 Å². The number of hydrogen-bond acceptors (Lipinski definition) is 5. The summed E-state index contributed by atoms with van der Waals surface area (Å²) in [5.74, 6) is 0.0165. The number of allylic oxidation sites excluding steroid dienone is 5. The standard InChI is InChI=1S/C28H46O5/c1-4-5-6-7-8-9-18-26(32-23(2)30)19-12-10-16-25-17-11-13-20-27(25)28(33-24(3)31)21-14-15-22-29/h10-13,16,19,25-29H,4-9,14-15,17-18,20-22H2,1-3H3/b16-10+,19-12+/t25-,26?,27+,28?/m1/s1. The van der Waals surface area contributed by atoms with Crippen molar-refractivity contribution >= 4 is 11.9 Å². The van der Waals surface area contributed by atoms with Gasteiger partial charge in [0.05, 0.1) is 0 Å². The molecule has 1 aliphatic carbocycles. The Hall–Kier alpha value is -1.88. The summed E-state index contributed by atoms with van der Waals surface area (Å²) in [6.07, 6.45) is 24.5. The van der Waals surface area contributed by atoms with Crippen LogP contribution in [0.2, 0.25) is 0 Å². The van der Waals surface area contributed by atoms with Crippen LogP contribution >= 0.6 is 0 Å². The van der Waals surface area contributed by atoms with E-state index >= 15 is 0 Å². The number of ether oxygens (including phenoxy) is 2. The average Bonchev–Trinajstić information content (AvgIpc) is 2.78. The Morgan fingerprint density at radius 2 is 1.58 bits per heavy atom. The third-order valence-electron chi connectivity index (χ3n) is 6.18. The molecule has 2 unspecified atom stereocenters. The lowest BCUT2D eigenvalue weighted by atomic mass is 9.78. The summed E-state index contributed by atoms with van der Waals surface area (Å²) in [7, 11) is 0. The van der Waals surface area contributed by atoms with Gasteiger partial charge >= 0.3 is 11.9 Å². The van der Waals surface area contributed by atoms with E-state index < -0.39 is 0 Å². The summed E-state index contributed by atoms with van der Waals surface area (Å²) in [6, 6.07) is 0. The minimum atomic E-state index is -0.250. The van der Waals surface area contributed by atoms with Crippen molar-refractivity contribution in [3.8, 4) is 0 Å². The van der Waals surface area contributed by atoms with Gasteiger partial charge in [-0.3, -0.25) is 9.59 Å². The van der Waals surface area contributed by atoms with Crippen LogP contribution in [-0.4, -0.2) is 35.9 Å². The average molecular weight is 463 g/mol. The van der Waals surface area contributed by atoms with E-state index in [2.05, 4.69) is 25.2 Å². The number of rotatable bonds is 17. The van der Waals surface area contributed by atoms with Gasteiger partial charge in [0.1, 0.15) is 12.2 Å². The van der Waals surface area contributed by atoms with Gasteiger partial charge in [-0.2, -0.15) is 0 Å². The molecule has 33 heavy (non-hydrogen) atoms. The molecule has 0 aromatic heterocycles. The predicted molar refractivity (Wildman–Crippen MR) is 134 cm³/mol. The van der Waals surface area contributed by atoms with Gasteiger partial charge in [0, 0.05) is 26.4 Å². The third kappa shape index (κ3) is 14.1. The highest BCUT2D eigenvalue weighted by Gasteiger charge is 2.30. The van der Waals surface area contributed by atoms with Gasteiger partial charge in [0.15, 0.2) is 0 Å². The fourth-order valence-electron chi connectivity index (χ4n) is 4.46. The van der Waals surface area contributed by atoms with E-state index in [-0.39, 0.29) is 42.6 Å². The van der Waals surface area contributed by atoms with Crippen molar-refractivity contribution in [3.63, 3.8) is 0 Å². The van der Waals surface area contributed by atoms with Crippen LogP contribution in [0, 0.1) is 11.8 Å². The Balaban J connectivity index is 2.67. The molecule has 5 nitrogen and oxygen atoms in total. The molecule has 1 aliphatic rings. The summed E-state index contributed by atoms with van der Waals surface area (Å²) in [5.41, 5.74) is 0. The van der Waals surface area contributed by atoms with Crippen molar-refractivity contribution in [2.75, 3.05) is 6.61 Å². The highest BCUT2D eigenvalue weighted by atomic mass is 16.5. The van der Waals surface area contributed by atoms with Crippen molar-refractivity contribution < 1.29 is 24.2 Å². The molecule has 0 saturated heterocycles. The molecule has 0 bridgehead atoms. The second-order valence-corrected chi connectivity index (χ2v) is 9.11. The molecule has 0 aliphatic heterocycles. The maximum atomic E-state index is 11.7. The SMILES string of the molecule is CCCCCCCCC(/C=C/C=C/[C@@H]1CC=CC[C@@H]1C(CCCCO)OC(C)=O)OC(C)=O. The zero-order chi connectivity index (χ0) is 24.3. The van der Waals surface area contributed by atoms with Crippen LogP contribution in [-0.2, 0) is 19.1 Å². The number of aliphatic hydroxyl groups is 1. The second-order valence-electron chi connectivity index (χ2n) is 9.11.